The molecule has 6 rings (SSSR count). The van der Waals surface area contributed by atoms with Crippen LogP contribution in [-0.2, 0) is 29.2 Å². The minimum absolute atomic E-state index is 0.00462. The van der Waals surface area contributed by atoms with Gasteiger partial charge in [0.2, 0.25) is 5.91 Å². The van der Waals surface area contributed by atoms with E-state index in [0.717, 1.165) is 6.07 Å². The predicted molar refractivity (Wildman–Crippen MR) is 275 cm³/mol. The summed E-state index contributed by atoms with van der Waals surface area (Å²) >= 11 is 18.6. The summed E-state index contributed by atoms with van der Waals surface area (Å²) in [4.78, 5) is 27.3. The Labute approximate surface area is 442 Å². The van der Waals surface area contributed by atoms with Crippen LogP contribution in [0.5, 0.6) is 11.5 Å². The third kappa shape index (κ3) is 13.6. The van der Waals surface area contributed by atoms with E-state index in [-0.39, 0.29) is 71.0 Å². The number of hydrogen-bond acceptors (Lipinski definition) is 11. The zero-order valence-electron chi connectivity index (χ0n) is 42.2. The first-order chi connectivity index (χ1) is 34.6. The molecule has 0 radical (unpaired) electrons. The fourth-order valence-electron chi connectivity index (χ4n) is 10.4. The van der Waals surface area contributed by atoms with Gasteiger partial charge in [0, 0.05) is 57.6 Å². The first-order valence-electron chi connectivity index (χ1n) is 24.2. The molecule has 73 heavy (non-hydrogen) atoms. The van der Waals surface area contributed by atoms with Crippen molar-refractivity contribution in [2.24, 2.45) is 16.2 Å². The van der Waals surface area contributed by atoms with Crippen molar-refractivity contribution in [3.63, 3.8) is 0 Å². The van der Waals surface area contributed by atoms with Crippen LogP contribution in [0.2, 0.25) is 15.1 Å². The Morgan fingerprint density at radius 3 is 1.93 bits per heavy atom. The van der Waals surface area contributed by atoms with Crippen LogP contribution in [0.3, 0.4) is 0 Å². The highest BCUT2D eigenvalue weighted by molar-refractivity contribution is 6.32. The number of halogens is 5. The molecule has 2 fully saturated rings. The number of ether oxygens (including phenoxy) is 6. The van der Waals surface area contributed by atoms with Gasteiger partial charge in [-0.3, -0.25) is 9.59 Å². The average molecular weight is 1070 g/mol. The standard InChI is InChI=1S/C55H64Cl3F2N5O8/c1-52(2,3)31-44-55(33-62,40-18-14-36(56)29-43(40)59)45(39-9-8-10-41(57)46(39)60)47(64-44)49(67)63-19-20-68-21-22-69-23-24-70-25-26-71-27-28-72-37-15-11-34(12-16-37)48(66)65-50-53(4,5)51(54(50,6)7)73-38-17-13-35(32-61)42(58)30-38/h8-18,29-30,44-45,47,50-51,64H,19-28,31H2,1-7H3,(H,63,67)(H,65,66)/t44?,45?,47?,50?,51?,55-/m0/s1. The summed E-state index contributed by atoms with van der Waals surface area (Å²) in [5.41, 5.74) is -1.98. The van der Waals surface area contributed by atoms with Crippen LogP contribution in [0.15, 0.2) is 78.9 Å². The van der Waals surface area contributed by atoms with Crippen LogP contribution >= 0.6 is 34.8 Å². The number of nitrogens with one attached hydrogen (secondary N) is 3. The zero-order valence-corrected chi connectivity index (χ0v) is 44.5. The summed E-state index contributed by atoms with van der Waals surface area (Å²) in [5.74, 6) is -2.23. The van der Waals surface area contributed by atoms with Crippen LogP contribution in [0.1, 0.15) is 87.9 Å². The van der Waals surface area contributed by atoms with Gasteiger partial charge in [-0.05, 0) is 72.0 Å². The van der Waals surface area contributed by atoms with E-state index in [4.69, 9.17) is 63.2 Å². The number of nitriles is 2. The molecule has 1 saturated carbocycles. The maximum atomic E-state index is 15.9. The van der Waals surface area contributed by atoms with Gasteiger partial charge in [-0.1, -0.05) is 101 Å². The highest BCUT2D eigenvalue weighted by Gasteiger charge is 2.64. The molecule has 0 spiro atoms. The van der Waals surface area contributed by atoms with Gasteiger partial charge in [0.25, 0.3) is 5.91 Å². The first kappa shape index (κ1) is 57.2. The molecule has 0 aromatic heterocycles. The number of amides is 2. The summed E-state index contributed by atoms with van der Waals surface area (Å²) in [6.07, 6.45) is 0.137. The molecular weight excluding hydrogens is 1000 g/mol. The monoisotopic (exact) mass is 1070 g/mol. The summed E-state index contributed by atoms with van der Waals surface area (Å²) in [6.45, 7) is 16.9. The Kier molecular flexibility index (Phi) is 19.6. The Balaban J connectivity index is 0.840. The quantitative estimate of drug-likeness (QED) is 0.0570. The van der Waals surface area contributed by atoms with Crippen LogP contribution in [-0.4, -0.2) is 102 Å². The van der Waals surface area contributed by atoms with Gasteiger partial charge in [0.05, 0.1) is 80.6 Å². The molecule has 3 unspecified atom stereocenters. The van der Waals surface area contributed by atoms with Crippen molar-refractivity contribution in [2.45, 2.75) is 90.4 Å². The number of benzene rings is 4. The second kappa shape index (κ2) is 25.0. The summed E-state index contributed by atoms with van der Waals surface area (Å²) in [7, 11) is 0. The fourth-order valence-corrected chi connectivity index (χ4v) is 11.0. The lowest BCUT2D eigenvalue weighted by atomic mass is 9.49. The maximum absolute atomic E-state index is 15.9. The Morgan fingerprint density at radius 1 is 0.753 bits per heavy atom. The molecule has 4 atom stereocenters. The molecule has 4 aromatic carbocycles. The third-order valence-electron chi connectivity index (χ3n) is 13.4. The number of carbonyl (C=O) groups excluding carboxylic acids is 2. The van der Waals surface area contributed by atoms with Crippen LogP contribution < -0.4 is 25.4 Å². The molecule has 2 aliphatic rings. The van der Waals surface area contributed by atoms with Gasteiger partial charge >= 0.3 is 0 Å². The molecule has 1 heterocycles. The minimum atomic E-state index is -1.72. The molecule has 18 heteroatoms. The molecule has 1 aliphatic heterocycles. The van der Waals surface area contributed by atoms with Crippen molar-refractivity contribution in [3.05, 3.63) is 128 Å². The van der Waals surface area contributed by atoms with E-state index in [1.807, 2.05) is 20.8 Å². The molecule has 3 N–H and O–H groups in total. The highest BCUT2D eigenvalue weighted by atomic mass is 35.5. The zero-order chi connectivity index (χ0) is 53.1. The molecule has 4 aromatic rings. The Bertz CT molecular complexity index is 2620. The SMILES string of the molecule is CC(C)(C)CC1NC(C(=O)NCCOCCOCCOCCOCCOc2ccc(C(=O)NC3C(C)(C)C(Oc4ccc(C#N)c(Cl)c4)C3(C)C)cc2)C(c2cccc(Cl)c2F)[C@@]1(C#N)c1ccc(Cl)cc1F. The number of rotatable bonds is 24. The van der Waals surface area contributed by atoms with E-state index in [1.54, 1.807) is 48.5 Å². The normalized spacial score (nSPS) is 21.9. The molecule has 1 saturated heterocycles. The van der Waals surface area contributed by atoms with Crippen molar-refractivity contribution in [2.75, 3.05) is 66.0 Å². The summed E-state index contributed by atoms with van der Waals surface area (Å²) < 4.78 is 66.4. The average Bonchev–Trinajstić information content (AvgIpc) is 3.65. The lowest BCUT2D eigenvalue weighted by molar-refractivity contribution is -0.164. The molecule has 13 nitrogen and oxygen atoms in total. The number of hydrogen-bond donors (Lipinski definition) is 3. The topological polar surface area (TPSA) is 173 Å². The maximum Gasteiger partial charge on any atom is 0.251 e. The van der Waals surface area contributed by atoms with Crippen LogP contribution in [0, 0.1) is 50.5 Å². The number of nitrogens with zero attached hydrogens (tertiary/aromatic N) is 2. The smallest absolute Gasteiger partial charge is 0.251 e. The van der Waals surface area contributed by atoms with Gasteiger partial charge in [-0.15, -0.1) is 0 Å². The van der Waals surface area contributed by atoms with Crippen molar-refractivity contribution in [3.8, 4) is 23.6 Å². The van der Waals surface area contributed by atoms with E-state index in [0.29, 0.717) is 73.7 Å². The van der Waals surface area contributed by atoms with Gasteiger partial charge in [-0.2, -0.15) is 10.5 Å². The second-order valence-corrected chi connectivity index (χ2v) is 21.9. The molecule has 1 aliphatic carbocycles. The van der Waals surface area contributed by atoms with Crippen molar-refractivity contribution in [1.29, 1.82) is 10.5 Å². The minimum Gasteiger partial charge on any atom is -0.491 e. The van der Waals surface area contributed by atoms with Gasteiger partial charge in [0.15, 0.2) is 0 Å². The summed E-state index contributed by atoms with van der Waals surface area (Å²) in [5, 5.41) is 29.8. The highest BCUT2D eigenvalue weighted by Crippen LogP contribution is 2.56. The summed E-state index contributed by atoms with van der Waals surface area (Å²) in [6, 6.07) is 22.7. The lowest BCUT2D eigenvalue weighted by Crippen LogP contribution is -2.74. The van der Waals surface area contributed by atoms with Crippen molar-refractivity contribution >= 4 is 46.6 Å². The van der Waals surface area contributed by atoms with Crippen LogP contribution in [0.25, 0.3) is 0 Å². The van der Waals surface area contributed by atoms with E-state index in [9.17, 15) is 20.1 Å². The molecule has 0 bridgehead atoms. The fraction of sp³-hybridized carbons (Fsp3) is 0.491. The Morgan fingerprint density at radius 2 is 1.36 bits per heavy atom. The predicted octanol–water partition coefficient (Wildman–Crippen LogP) is 9.99. The molecular formula is C55H64Cl3F2N5O8. The van der Waals surface area contributed by atoms with E-state index in [2.05, 4.69) is 55.8 Å². The lowest BCUT2D eigenvalue weighted by Gasteiger charge is -2.63. The van der Waals surface area contributed by atoms with Gasteiger partial charge in [0.1, 0.15) is 47.3 Å². The van der Waals surface area contributed by atoms with Crippen molar-refractivity contribution in [1.82, 2.24) is 16.0 Å². The molecule has 392 valence electrons. The second-order valence-electron chi connectivity index (χ2n) is 20.6. The molecule has 2 amide bonds. The number of carbonyl (C=O) groups is 2. The van der Waals surface area contributed by atoms with E-state index >= 15 is 8.78 Å². The first-order valence-corrected chi connectivity index (χ1v) is 25.3. The third-order valence-corrected chi connectivity index (χ3v) is 14.3. The largest absolute Gasteiger partial charge is 0.491 e. The van der Waals surface area contributed by atoms with Crippen molar-refractivity contribution < 1.29 is 46.8 Å². The van der Waals surface area contributed by atoms with E-state index < -0.39 is 51.8 Å². The Hall–Kier alpha value is -5.07. The van der Waals surface area contributed by atoms with Gasteiger partial charge in [-0.25, -0.2) is 8.78 Å². The van der Waals surface area contributed by atoms with Crippen LogP contribution in [0.4, 0.5) is 8.78 Å². The van der Waals surface area contributed by atoms with E-state index in [1.165, 1.54) is 24.3 Å². The van der Waals surface area contributed by atoms with Gasteiger partial charge < -0.3 is 44.4 Å².